The summed E-state index contributed by atoms with van der Waals surface area (Å²) >= 11 is 0. The van der Waals surface area contributed by atoms with E-state index in [9.17, 15) is 0 Å². The fourth-order valence-electron chi connectivity index (χ4n) is 2.23. The van der Waals surface area contributed by atoms with E-state index in [1.165, 1.54) is 0 Å². The summed E-state index contributed by atoms with van der Waals surface area (Å²) in [6.45, 7) is 2.97. The second-order valence-electron chi connectivity index (χ2n) is 4.56. The van der Waals surface area contributed by atoms with Crippen LogP contribution in [0.25, 0.3) is 0 Å². The van der Waals surface area contributed by atoms with E-state index in [0.717, 1.165) is 18.7 Å². The number of hydrogen-bond donors (Lipinski definition) is 1. The van der Waals surface area contributed by atoms with Crippen LogP contribution in [0.4, 0.5) is 0 Å². The number of aliphatic hydroxyl groups is 1. The number of ether oxygens (including phenoxy) is 2. The molecule has 19 heavy (non-hydrogen) atoms. The lowest BCUT2D eigenvalue weighted by Crippen LogP contribution is -2.43. The van der Waals surface area contributed by atoms with Crippen molar-refractivity contribution in [2.75, 3.05) is 33.4 Å². The van der Waals surface area contributed by atoms with E-state index < -0.39 is 0 Å². The Morgan fingerprint density at radius 3 is 3.11 bits per heavy atom. The Balaban J connectivity index is 2.05. The molecule has 0 amide bonds. The number of morpholine rings is 1. The number of aliphatic hydroxyl groups excluding tert-OH is 1. The molecule has 2 rings (SSSR count). The number of hydrogen-bond acceptors (Lipinski definition) is 5. The number of nitriles is 1. The zero-order chi connectivity index (χ0) is 13.7. The summed E-state index contributed by atoms with van der Waals surface area (Å²) in [7, 11) is 1.56. The summed E-state index contributed by atoms with van der Waals surface area (Å²) in [5.74, 6) is 0.599. The van der Waals surface area contributed by atoms with Crippen LogP contribution < -0.4 is 4.74 Å². The van der Waals surface area contributed by atoms with Crippen LogP contribution in [-0.4, -0.2) is 49.5 Å². The molecule has 1 aliphatic rings. The zero-order valence-corrected chi connectivity index (χ0v) is 11.0. The molecule has 102 valence electrons. The van der Waals surface area contributed by atoms with Gasteiger partial charge in [0.05, 0.1) is 32.0 Å². The summed E-state index contributed by atoms with van der Waals surface area (Å²) in [6.07, 6.45) is -0.109. The highest BCUT2D eigenvalue weighted by Gasteiger charge is 2.19. The van der Waals surface area contributed by atoms with Crippen LogP contribution >= 0.6 is 0 Å². The van der Waals surface area contributed by atoms with Gasteiger partial charge in [-0.2, -0.15) is 5.26 Å². The lowest BCUT2D eigenvalue weighted by Gasteiger charge is -2.32. The maximum Gasteiger partial charge on any atom is 0.136 e. The molecule has 0 saturated carbocycles. The minimum atomic E-state index is -0.109. The van der Waals surface area contributed by atoms with Gasteiger partial charge in [0.2, 0.25) is 0 Å². The van der Waals surface area contributed by atoms with Gasteiger partial charge in [0.15, 0.2) is 0 Å². The fraction of sp³-hybridized carbons (Fsp3) is 0.500. The molecule has 1 atom stereocenters. The molecule has 0 bridgehead atoms. The second-order valence-corrected chi connectivity index (χ2v) is 4.56. The minimum absolute atomic E-state index is 0.0442. The molecule has 0 spiro atoms. The Morgan fingerprint density at radius 2 is 2.42 bits per heavy atom. The third-order valence-corrected chi connectivity index (χ3v) is 3.22. The average Bonchev–Trinajstić information content (AvgIpc) is 2.47. The Labute approximate surface area is 113 Å². The van der Waals surface area contributed by atoms with Gasteiger partial charge in [0.1, 0.15) is 11.8 Å². The SMILES string of the molecule is COc1ccc(CN2CCOC(CO)C2)cc1C#N. The Bertz CT molecular complexity index is 470. The molecule has 5 heteroatoms. The first kappa shape index (κ1) is 13.8. The Hall–Kier alpha value is -1.61. The van der Waals surface area contributed by atoms with Crippen LogP contribution in [-0.2, 0) is 11.3 Å². The number of nitrogens with zero attached hydrogens (tertiary/aromatic N) is 2. The van der Waals surface area contributed by atoms with Gasteiger partial charge in [-0.3, -0.25) is 4.90 Å². The van der Waals surface area contributed by atoms with Crippen molar-refractivity contribution in [2.24, 2.45) is 0 Å². The van der Waals surface area contributed by atoms with Crippen molar-refractivity contribution in [2.45, 2.75) is 12.6 Å². The van der Waals surface area contributed by atoms with Crippen LogP contribution in [0.2, 0.25) is 0 Å². The van der Waals surface area contributed by atoms with E-state index in [-0.39, 0.29) is 12.7 Å². The maximum absolute atomic E-state index is 9.11. The molecule has 1 unspecified atom stereocenters. The maximum atomic E-state index is 9.11. The van der Waals surface area contributed by atoms with Crippen molar-refractivity contribution < 1.29 is 14.6 Å². The zero-order valence-electron chi connectivity index (χ0n) is 11.0. The van der Waals surface area contributed by atoms with Gasteiger partial charge in [-0.25, -0.2) is 0 Å². The van der Waals surface area contributed by atoms with Crippen molar-refractivity contribution in [3.05, 3.63) is 29.3 Å². The predicted octanol–water partition coefficient (Wildman–Crippen LogP) is 0.760. The minimum Gasteiger partial charge on any atom is -0.495 e. The first-order valence-corrected chi connectivity index (χ1v) is 6.28. The third-order valence-electron chi connectivity index (χ3n) is 3.22. The predicted molar refractivity (Wildman–Crippen MR) is 69.8 cm³/mol. The first-order valence-electron chi connectivity index (χ1n) is 6.28. The van der Waals surface area contributed by atoms with Crippen LogP contribution in [0.1, 0.15) is 11.1 Å². The quantitative estimate of drug-likeness (QED) is 0.867. The molecule has 1 aromatic rings. The third kappa shape index (κ3) is 3.44. The molecule has 1 saturated heterocycles. The highest BCUT2D eigenvalue weighted by molar-refractivity contribution is 5.45. The van der Waals surface area contributed by atoms with Crippen molar-refractivity contribution >= 4 is 0 Å². The van der Waals surface area contributed by atoms with Gasteiger partial charge >= 0.3 is 0 Å². The van der Waals surface area contributed by atoms with Gasteiger partial charge < -0.3 is 14.6 Å². The van der Waals surface area contributed by atoms with E-state index in [4.69, 9.17) is 19.8 Å². The monoisotopic (exact) mass is 262 g/mol. The Kier molecular flexibility index (Phi) is 4.74. The normalized spacial score (nSPS) is 19.9. The molecule has 1 N–H and O–H groups in total. The van der Waals surface area contributed by atoms with E-state index in [0.29, 0.717) is 24.5 Å². The van der Waals surface area contributed by atoms with Crippen molar-refractivity contribution in [1.29, 1.82) is 5.26 Å². The summed E-state index contributed by atoms with van der Waals surface area (Å²) < 4.78 is 10.5. The lowest BCUT2D eigenvalue weighted by molar-refractivity contribution is -0.0551. The van der Waals surface area contributed by atoms with Gasteiger partial charge in [-0.1, -0.05) is 6.07 Å². The molecular formula is C14H18N2O3. The van der Waals surface area contributed by atoms with E-state index >= 15 is 0 Å². The molecule has 1 aliphatic heterocycles. The molecule has 0 aliphatic carbocycles. The molecular weight excluding hydrogens is 244 g/mol. The average molecular weight is 262 g/mol. The summed E-state index contributed by atoms with van der Waals surface area (Å²) in [6, 6.07) is 7.76. The highest BCUT2D eigenvalue weighted by Crippen LogP contribution is 2.20. The van der Waals surface area contributed by atoms with Gasteiger partial charge in [-0.05, 0) is 17.7 Å². The van der Waals surface area contributed by atoms with Gasteiger partial charge in [0, 0.05) is 19.6 Å². The van der Waals surface area contributed by atoms with Gasteiger partial charge in [0.25, 0.3) is 0 Å². The number of methoxy groups -OCH3 is 1. The second kappa shape index (κ2) is 6.53. The standard InChI is InChI=1S/C14H18N2O3/c1-18-14-3-2-11(6-12(14)7-15)8-16-4-5-19-13(9-16)10-17/h2-3,6,13,17H,4-5,8-10H2,1H3. The van der Waals surface area contributed by atoms with Crippen LogP contribution in [0.3, 0.4) is 0 Å². The Morgan fingerprint density at radius 1 is 1.58 bits per heavy atom. The number of rotatable bonds is 4. The van der Waals surface area contributed by atoms with Crippen LogP contribution in [0.5, 0.6) is 5.75 Å². The van der Waals surface area contributed by atoms with E-state index in [1.807, 2.05) is 18.2 Å². The summed E-state index contributed by atoms with van der Waals surface area (Å²) in [5.41, 5.74) is 1.61. The molecule has 5 nitrogen and oxygen atoms in total. The smallest absolute Gasteiger partial charge is 0.136 e. The van der Waals surface area contributed by atoms with Gasteiger partial charge in [-0.15, -0.1) is 0 Å². The van der Waals surface area contributed by atoms with Crippen LogP contribution in [0.15, 0.2) is 18.2 Å². The number of benzene rings is 1. The molecule has 1 aromatic carbocycles. The molecule has 0 aromatic heterocycles. The largest absolute Gasteiger partial charge is 0.495 e. The highest BCUT2D eigenvalue weighted by atomic mass is 16.5. The summed E-state index contributed by atoms with van der Waals surface area (Å²) in [4.78, 5) is 2.22. The lowest BCUT2D eigenvalue weighted by atomic mass is 10.1. The van der Waals surface area contributed by atoms with E-state index in [2.05, 4.69) is 11.0 Å². The topological polar surface area (TPSA) is 65.7 Å². The molecule has 1 fully saturated rings. The van der Waals surface area contributed by atoms with Crippen molar-refractivity contribution in [3.63, 3.8) is 0 Å². The van der Waals surface area contributed by atoms with E-state index in [1.54, 1.807) is 7.11 Å². The van der Waals surface area contributed by atoms with Crippen LogP contribution in [0, 0.1) is 11.3 Å². The first-order chi connectivity index (χ1) is 9.26. The van der Waals surface area contributed by atoms with Crippen molar-refractivity contribution in [3.8, 4) is 11.8 Å². The molecule has 0 radical (unpaired) electrons. The molecule has 1 heterocycles. The fourth-order valence-corrected chi connectivity index (χ4v) is 2.23. The summed E-state index contributed by atoms with van der Waals surface area (Å²) in [5, 5.41) is 18.2. The van der Waals surface area contributed by atoms with Crippen molar-refractivity contribution in [1.82, 2.24) is 4.90 Å².